The molecule has 1 N–H and O–H groups in total. The number of hydrogen-bond acceptors (Lipinski definition) is 2. The van der Waals surface area contributed by atoms with Crippen molar-refractivity contribution < 1.29 is 4.42 Å². The van der Waals surface area contributed by atoms with Crippen molar-refractivity contribution in [1.82, 2.24) is 5.32 Å². The predicted octanol–water partition coefficient (Wildman–Crippen LogP) is 3.11. The highest BCUT2D eigenvalue weighted by Gasteiger charge is 2.28. The Hall–Kier alpha value is -1.81. The summed E-state index contributed by atoms with van der Waals surface area (Å²) < 4.78 is 5.30. The summed E-state index contributed by atoms with van der Waals surface area (Å²) in [4.78, 5) is 2.19. The van der Waals surface area contributed by atoms with Crippen LogP contribution in [0, 0.1) is 0 Å². The first kappa shape index (κ1) is 12.2. The average molecular weight is 272 g/mol. The number of para-hydroxylation sites is 1. The van der Waals surface area contributed by atoms with Crippen LogP contribution in [-0.4, -0.2) is 11.2 Å². The molecule has 1 aliphatic heterocycles. The first-order valence-electron chi connectivity index (χ1n) is 6.43. The molecule has 2 heterocycles. The number of nitrogens with zero attached hydrogens (tertiary/aromatic N) is 1. The fraction of sp³-hybridized carbons (Fsp3) is 0.267. The lowest BCUT2D eigenvalue weighted by Crippen LogP contribution is -2.42. The molecule has 98 valence electrons. The number of hydrogen-bond donors (Lipinski definition) is 1. The SMILES string of the molecule is C[C@@H]1Cc2ccccc2N1C(=S)NCc1ccco1. The van der Waals surface area contributed by atoms with Crippen LogP contribution >= 0.6 is 12.2 Å². The molecule has 1 aromatic heterocycles. The highest BCUT2D eigenvalue weighted by atomic mass is 32.1. The van der Waals surface area contributed by atoms with Crippen LogP contribution in [0.25, 0.3) is 0 Å². The van der Waals surface area contributed by atoms with Crippen LogP contribution in [0.5, 0.6) is 0 Å². The normalized spacial score (nSPS) is 17.3. The maximum Gasteiger partial charge on any atom is 0.174 e. The second-order valence-corrected chi connectivity index (χ2v) is 5.18. The second kappa shape index (κ2) is 5.05. The van der Waals surface area contributed by atoms with Crippen LogP contribution in [-0.2, 0) is 13.0 Å². The van der Waals surface area contributed by atoms with E-state index in [1.807, 2.05) is 12.1 Å². The average Bonchev–Trinajstić information content (AvgIpc) is 3.02. The van der Waals surface area contributed by atoms with Gasteiger partial charge in [0, 0.05) is 11.7 Å². The molecule has 0 saturated heterocycles. The zero-order valence-corrected chi connectivity index (χ0v) is 11.6. The van der Waals surface area contributed by atoms with E-state index in [0.29, 0.717) is 12.6 Å². The maximum atomic E-state index is 5.51. The van der Waals surface area contributed by atoms with Crippen molar-refractivity contribution in [3.8, 4) is 0 Å². The molecular formula is C15H16N2OS. The first-order chi connectivity index (χ1) is 9.25. The minimum absolute atomic E-state index is 0.397. The van der Waals surface area contributed by atoms with Crippen molar-refractivity contribution in [3.63, 3.8) is 0 Å². The van der Waals surface area contributed by atoms with Crippen LogP contribution in [0.2, 0.25) is 0 Å². The van der Waals surface area contributed by atoms with E-state index in [0.717, 1.165) is 17.3 Å². The van der Waals surface area contributed by atoms with Crippen molar-refractivity contribution >= 4 is 23.0 Å². The molecule has 0 saturated carbocycles. The number of furan rings is 1. The molecule has 19 heavy (non-hydrogen) atoms. The number of rotatable bonds is 2. The zero-order chi connectivity index (χ0) is 13.2. The van der Waals surface area contributed by atoms with E-state index in [4.69, 9.17) is 16.6 Å². The summed E-state index contributed by atoms with van der Waals surface area (Å²) in [5.41, 5.74) is 2.57. The quantitative estimate of drug-likeness (QED) is 0.850. The molecule has 1 aromatic carbocycles. The molecule has 2 aromatic rings. The Kier molecular flexibility index (Phi) is 3.25. The Balaban J connectivity index is 1.73. The van der Waals surface area contributed by atoms with Crippen LogP contribution in [0.1, 0.15) is 18.2 Å². The van der Waals surface area contributed by atoms with E-state index < -0.39 is 0 Å². The molecule has 0 aliphatic carbocycles. The van der Waals surface area contributed by atoms with Gasteiger partial charge in [-0.1, -0.05) is 18.2 Å². The number of benzene rings is 1. The first-order valence-corrected chi connectivity index (χ1v) is 6.84. The van der Waals surface area contributed by atoms with Gasteiger partial charge in [0.1, 0.15) is 5.76 Å². The Labute approximate surface area is 118 Å². The smallest absolute Gasteiger partial charge is 0.174 e. The molecule has 0 spiro atoms. The van der Waals surface area contributed by atoms with Crippen LogP contribution < -0.4 is 10.2 Å². The van der Waals surface area contributed by atoms with Crippen molar-refractivity contribution in [2.24, 2.45) is 0 Å². The molecule has 0 radical (unpaired) electrons. The lowest BCUT2D eigenvalue weighted by molar-refractivity contribution is 0.502. The Bertz CT molecular complexity index is 580. The van der Waals surface area contributed by atoms with Crippen molar-refractivity contribution in [3.05, 3.63) is 54.0 Å². The monoisotopic (exact) mass is 272 g/mol. The minimum atomic E-state index is 0.397. The fourth-order valence-corrected chi connectivity index (χ4v) is 2.89. The van der Waals surface area contributed by atoms with Gasteiger partial charge in [-0.2, -0.15) is 0 Å². The molecule has 0 bridgehead atoms. The number of nitrogens with one attached hydrogen (secondary N) is 1. The lowest BCUT2D eigenvalue weighted by atomic mass is 10.1. The molecule has 0 unspecified atom stereocenters. The van der Waals surface area contributed by atoms with E-state index in [1.165, 1.54) is 11.3 Å². The second-order valence-electron chi connectivity index (χ2n) is 4.79. The van der Waals surface area contributed by atoms with E-state index in [9.17, 15) is 0 Å². The van der Waals surface area contributed by atoms with E-state index in [-0.39, 0.29) is 0 Å². The summed E-state index contributed by atoms with van der Waals surface area (Å²) in [7, 11) is 0. The van der Waals surface area contributed by atoms with Crippen LogP contribution in [0.15, 0.2) is 47.1 Å². The summed E-state index contributed by atoms with van der Waals surface area (Å²) in [6, 6.07) is 12.6. The number of anilines is 1. The van der Waals surface area contributed by atoms with Gasteiger partial charge < -0.3 is 14.6 Å². The van der Waals surface area contributed by atoms with Gasteiger partial charge in [0.2, 0.25) is 0 Å². The van der Waals surface area contributed by atoms with Crippen molar-refractivity contribution in [1.29, 1.82) is 0 Å². The highest BCUT2D eigenvalue weighted by Crippen LogP contribution is 2.31. The van der Waals surface area contributed by atoms with Gasteiger partial charge >= 0.3 is 0 Å². The van der Waals surface area contributed by atoms with Gasteiger partial charge in [0.15, 0.2) is 5.11 Å². The predicted molar refractivity (Wildman–Crippen MR) is 80.2 cm³/mol. The maximum absolute atomic E-state index is 5.51. The third kappa shape index (κ3) is 2.36. The number of thiocarbonyl (C=S) groups is 1. The molecule has 0 amide bonds. The van der Waals surface area contributed by atoms with Crippen molar-refractivity contribution in [2.45, 2.75) is 25.9 Å². The lowest BCUT2D eigenvalue weighted by Gasteiger charge is -2.25. The number of fused-ring (bicyclic) bond motifs is 1. The van der Waals surface area contributed by atoms with Crippen molar-refractivity contribution in [2.75, 3.05) is 4.90 Å². The van der Waals surface area contributed by atoms with Gasteiger partial charge in [-0.3, -0.25) is 0 Å². The van der Waals surface area contributed by atoms with E-state index in [1.54, 1.807) is 6.26 Å². The summed E-state index contributed by atoms with van der Waals surface area (Å²) >= 11 is 5.51. The molecular weight excluding hydrogens is 256 g/mol. The molecule has 3 nitrogen and oxygen atoms in total. The third-order valence-electron chi connectivity index (χ3n) is 3.42. The van der Waals surface area contributed by atoms with Gasteiger partial charge in [0.05, 0.1) is 12.8 Å². The minimum Gasteiger partial charge on any atom is -0.467 e. The molecule has 1 aliphatic rings. The van der Waals surface area contributed by atoms with Gasteiger partial charge in [-0.05, 0) is 49.3 Å². The fourth-order valence-electron chi connectivity index (χ4n) is 2.54. The van der Waals surface area contributed by atoms with Gasteiger partial charge in [-0.15, -0.1) is 0 Å². The molecule has 4 heteroatoms. The highest BCUT2D eigenvalue weighted by molar-refractivity contribution is 7.80. The standard InChI is InChI=1S/C15H16N2OS/c1-11-9-12-5-2-3-7-14(12)17(11)15(19)16-10-13-6-4-8-18-13/h2-8,11H,9-10H2,1H3,(H,16,19)/t11-/m1/s1. The van der Waals surface area contributed by atoms with E-state index >= 15 is 0 Å². The Morgan fingerprint density at radius 2 is 2.21 bits per heavy atom. The van der Waals surface area contributed by atoms with Gasteiger partial charge in [-0.25, -0.2) is 0 Å². The summed E-state index contributed by atoms with van der Waals surface area (Å²) in [5, 5.41) is 4.02. The molecule has 1 atom stereocenters. The molecule has 3 rings (SSSR count). The summed E-state index contributed by atoms with van der Waals surface area (Å²) in [5.74, 6) is 0.891. The van der Waals surface area contributed by atoms with E-state index in [2.05, 4.69) is 41.4 Å². The largest absolute Gasteiger partial charge is 0.467 e. The zero-order valence-electron chi connectivity index (χ0n) is 10.8. The van der Waals surface area contributed by atoms with Crippen LogP contribution in [0.4, 0.5) is 5.69 Å². The summed E-state index contributed by atoms with van der Waals surface area (Å²) in [6.07, 6.45) is 2.71. The Morgan fingerprint density at radius 1 is 1.37 bits per heavy atom. The molecule has 0 fully saturated rings. The topological polar surface area (TPSA) is 28.4 Å². The Morgan fingerprint density at radius 3 is 3.00 bits per heavy atom. The van der Waals surface area contributed by atoms with Gasteiger partial charge in [0.25, 0.3) is 0 Å². The van der Waals surface area contributed by atoms with Crippen LogP contribution in [0.3, 0.4) is 0 Å². The third-order valence-corrected chi connectivity index (χ3v) is 3.76. The summed E-state index contributed by atoms with van der Waals surface area (Å²) in [6.45, 7) is 2.82.